The van der Waals surface area contributed by atoms with Crippen molar-refractivity contribution in [2.45, 2.75) is 20.0 Å². The van der Waals surface area contributed by atoms with Crippen LogP contribution in [0.1, 0.15) is 17.3 Å². The Morgan fingerprint density at radius 2 is 2.21 bits per heavy atom. The lowest BCUT2D eigenvalue weighted by molar-refractivity contribution is 0.0524. The lowest BCUT2D eigenvalue weighted by Gasteiger charge is -2.21. The van der Waals surface area contributed by atoms with E-state index in [2.05, 4.69) is 5.10 Å². The zero-order valence-corrected chi connectivity index (χ0v) is 13.0. The van der Waals surface area contributed by atoms with Crippen molar-refractivity contribution in [1.29, 1.82) is 0 Å². The van der Waals surface area contributed by atoms with E-state index in [1.807, 2.05) is 10.6 Å². The minimum absolute atomic E-state index is 0.0284. The molecule has 0 bridgehead atoms. The maximum Gasteiger partial charge on any atom is 0.343 e. The number of pyridine rings is 1. The number of hydrogen-bond donors (Lipinski definition) is 1. The highest BCUT2D eigenvalue weighted by molar-refractivity contribution is 5.96. The summed E-state index contributed by atoms with van der Waals surface area (Å²) >= 11 is 0. The number of phenols is 1. The van der Waals surface area contributed by atoms with Crippen molar-refractivity contribution in [3.63, 3.8) is 0 Å². The van der Waals surface area contributed by atoms with Gasteiger partial charge in [-0.25, -0.2) is 4.79 Å². The number of phenolic OH excluding ortho intramolecular Hbond substituents is 1. The van der Waals surface area contributed by atoms with E-state index in [-0.39, 0.29) is 23.3 Å². The second-order valence-electron chi connectivity index (χ2n) is 5.60. The normalized spacial score (nSPS) is 12.7. The Balaban J connectivity index is 1.95. The van der Waals surface area contributed by atoms with Crippen molar-refractivity contribution in [3.8, 4) is 17.1 Å². The van der Waals surface area contributed by atoms with Gasteiger partial charge in [0.2, 0.25) is 0 Å². The van der Waals surface area contributed by atoms with Crippen LogP contribution in [-0.4, -0.2) is 32.0 Å². The van der Waals surface area contributed by atoms with E-state index in [0.29, 0.717) is 24.3 Å². The van der Waals surface area contributed by atoms with E-state index in [9.17, 15) is 14.7 Å². The Labute approximate surface area is 136 Å². The van der Waals surface area contributed by atoms with Gasteiger partial charge in [-0.1, -0.05) is 12.1 Å². The van der Waals surface area contributed by atoms with Crippen LogP contribution in [0.15, 0.2) is 35.3 Å². The number of aromatic hydroxyl groups is 1. The molecule has 4 rings (SSSR count). The lowest BCUT2D eigenvalue weighted by Crippen LogP contribution is -2.25. The lowest BCUT2D eigenvalue weighted by atomic mass is 10.1. The molecule has 1 N–H and O–H groups in total. The molecule has 7 nitrogen and oxygen atoms in total. The van der Waals surface area contributed by atoms with Gasteiger partial charge in [0.05, 0.1) is 24.5 Å². The van der Waals surface area contributed by atoms with Crippen molar-refractivity contribution in [2.75, 3.05) is 6.61 Å². The SMILES string of the molecule is CCOC(=O)c1cn2c(cc1=O)-c1c3cccc(O)c3nn1CC2. The molecule has 2 aromatic heterocycles. The van der Waals surface area contributed by atoms with Crippen LogP contribution < -0.4 is 5.43 Å². The summed E-state index contributed by atoms with van der Waals surface area (Å²) in [5.74, 6) is -0.508. The highest BCUT2D eigenvalue weighted by Crippen LogP contribution is 2.34. The van der Waals surface area contributed by atoms with Crippen molar-refractivity contribution in [2.24, 2.45) is 0 Å². The van der Waals surface area contributed by atoms with Gasteiger partial charge in [0.1, 0.15) is 16.8 Å². The molecule has 0 saturated carbocycles. The molecule has 0 unspecified atom stereocenters. The number of nitrogens with zero attached hydrogens (tertiary/aromatic N) is 3. The Morgan fingerprint density at radius 1 is 1.38 bits per heavy atom. The maximum atomic E-state index is 12.3. The van der Waals surface area contributed by atoms with E-state index >= 15 is 0 Å². The van der Waals surface area contributed by atoms with Crippen LogP contribution in [0.2, 0.25) is 0 Å². The maximum absolute atomic E-state index is 12.3. The zero-order valence-electron chi connectivity index (χ0n) is 13.0. The fraction of sp³-hybridized carbons (Fsp3) is 0.235. The Hall–Kier alpha value is -3.09. The van der Waals surface area contributed by atoms with Crippen LogP contribution in [0.3, 0.4) is 0 Å². The van der Waals surface area contributed by atoms with E-state index in [4.69, 9.17) is 4.74 Å². The van der Waals surface area contributed by atoms with Crippen LogP contribution >= 0.6 is 0 Å². The number of carbonyl (C=O) groups is 1. The van der Waals surface area contributed by atoms with Gasteiger partial charge in [-0.3, -0.25) is 9.48 Å². The zero-order chi connectivity index (χ0) is 16.8. The smallest absolute Gasteiger partial charge is 0.343 e. The number of esters is 1. The van der Waals surface area contributed by atoms with Crippen LogP contribution in [-0.2, 0) is 17.8 Å². The van der Waals surface area contributed by atoms with Gasteiger partial charge in [-0.2, -0.15) is 5.10 Å². The monoisotopic (exact) mass is 325 g/mol. The average molecular weight is 325 g/mol. The molecule has 0 amide bonds. The Kier molecular flexibility index (Phi) is 3.16. The third-order valence-electron chi connectivity index (χ3n) is 4.17. The quantitative estimate of drug-likeness (QED) is 0.726. The largest absolute Gasteiger partial charge is 0.506 e. The molecule has 1 aliphatic heterocycles. The van der Waals surface area contributed by atoms with Gasteiger partial charge >= 0.3 is 5.97 Å². The van der Waals surface area contributed by atoms with Gasteiger partial charge in [0.15, 0.2) is 5.43 Å². The van der Waals surface area contributed by atoms with Gasteiger partial charge in [0.25, 0.3) is 0 Å². The number of fused-ring (bicyclic) bond motifs is 5. The second kappa shape index (κ2) is 5.23. The fourth-order valence-electron chi connectivity index (χ4n) is 3.10. The molecule has 3 heterocycles. The van der Waals surface area contributed by atoms with E-state index in [1.54, 1.807) is 29.9 Å². The van der Waals surface area contributed by atoms with Crippen LogP contribution in [0, 0.1) is 0 Å². The summed E-state index contributed by atoms with van der Waals surface area (Å²) in [6.07, 6.45) is 1.54. The standard InChI is InChI=1S/C17H15N3O4/c1-2-24-17(23)11-9-19-6-7-20-16(12(19)8-14(11)22)10-4-3-5-13(21)15(10)18-20/h3-5,8-9,21H,2,6-7H2,1H3. The summed E-state index contributed by atoms with van der Waals surface area (Å²) in [7, 11) is 0. The first-order valence-corrected chi connectivity index (χ1v) is 7.70. The molecule has 0 fully saturated rings. The molecule has 0 aliphatic carbocycles. The van der Waals surface area contributed by atoms with Crippen molar-refractivity contribution < 1.29 is 14.6 Å². The second-order valence-corrected chi connectivity index (χ2v) is 5.60. The molecule has 0 atom stereocenters. The summed E-state index contributed by atoms with van der Waals surface area (Å²) in [5.41, 5.74) is 1.58. The van der Waals surface area contributed by atoms with Crippen LogP contribution in [0.25, 0.3) is 22.3 Å². The highest BCUT2D eigenvalue weighted by Gasteiger charge is 2.24. The number of ether oxygens (including phenoxy) is 1. The van der Waals surface area contributed by atoms with Crippen LogP contribution in [0.4, 0.5) is 0 Å². The number of benzene rings is 1. The van der Waals surface area contributed by atoms with Gasteiger partial charge < -0.3 is 14.4 Å². The first-order valence-electron chi connectivity index (χ1n) is 7.70. The topological polar surface area (TPSA) is 86.3 Å². The van der Waals surface area contributed by atoms with E-state index < -0.39 is 5.97 Å². The molecule has 0 saturated heterocycles. The molecule has 0 radical (unpaired) electrons. The fourth-order valence-corrected chi connectivity index (χ4v) is 3.10. The first-order chi connectivity index (χ1) is 11.6. The molecular weight excluding hydrogens is 310 g/mol. The molecule has 3 aromatic rings. The van der Waals surface area contributed by atoms with Gasteiger partial charge in [-0.15, -0.1) is 0 Å². The number of hydrogen-bond acceptors (Lipinski definition) is 5. The average Bonchev–Trinajstić information content (AvgIpc) is 2.95. The predicted octanol–water partition coefficient (Wildman–Crippen LogP) is 1.76. The molecule has 1 aromatic carbocycles. The Morgan fingerprint density at radius 3 is 3.00 bits per heavy atom. The third-order valence-corrected chi connectivity index (χ3v) is 4.17. The molecule has 1 aliphatic rings. The Bertz CT molecular complexity index is 1030. The number of carbonyl (C=O) groups excluding carboxylic acids is 1. The van der Waals surface area contributed by atoms with Crippen molar-refractivity contribution in [3.05, 3.63) is 46.2 Å². The summed E-state index contributed by atoms with van der Waals surface area (Å²) in [6.45, 7) is 3.08. The highest BCUT2D eigenvalue weighted by atomic mass is 16.5. The number of rotatable bonds is 2. The molecule has 7 heteroatoms. The summed E-state index contributed by atoms with van der Waals surface area (Å²) in [4.78, 5) is 24.3. The van der Waals surface area contributed by atoms with E-state index in [0.717, 1.165) is 11.1 Å². The number of aryl methyl sites for hydroxylation is 2. The minimum Gasteiger partial charge on any atom is -0.506 e. The summed E-state index contributed by atoms with van der Waals surface area (Å²) in [6, 6.07) is 6.61. The van der Waals surface area contributed by atoms with Gasteiger partial charge in [-0.05, 0) is 13.0 Å². The van der Waals surface area contributed by atoms with Gasteiger partial charge in [0, 0.05) is 24.2 Å². The number of aromatic nitrogens is 3. The third kappa shape index (κ3) is 2.01. The van der Waals surface area contributed by atoms with Crippen molar-refractivity contribution in [1.82, 2.24) is 14.3 Å². The molecular formula is C17H15N3O4. The molecule has 24 heavy (non-hydrogen) atoms. The molecule has 122 valence electrons. The minimum atomic E-state index is -0.612. The predicted molar refractivity (Wildman–Crippen MR) is 87.1 cm³/mol. The summed E-state index contributed by atoms with van der Waals surface area (Å²) < 4.78 is 8.57. The van der Waals surface area contributed by atoms with Crippen LogP contribution in [0.5, 0.6) is 5.75 Å². The summed E-state index contributed by atoms with van der Waals surface area (Å²) in [5, 5.41) is 15.2. The molecule has 0 spiro atoms. The first kappa shape index (κ1) is 14.5. The van der Waals surface area contributed by atoms with E-state index in [1.165, 1.54) is 6.07 Å². The van der Waals surface area contributed by atoms with Crippen molar-refractivity contribution >= 4 is 16.9 Å².